The first-order valence-electron chi connectivity index (χ1n) is 7.18. The van der Waals surface area contributed by atoms with Crippen LogP contribution in [0, 0.1) is 0 Å². The van der Waals surface area contributed by atoms with Crippen molar-refractivity contribution in [3.63, 3.8) is 0 Å². The van der Waals surface area contributed by atoms with Crippen molar-refractivity contribution < 1.29 is 18.9 Å². The molecule has 0 saturated heterocycles. The molecule has 5 nitrogen and oxygen atoms in total. The Kier molecular flexibility index (Phi) is 5.47. The number of nitrogens with zero attached hydrogens (tertiary/aromatic N) is 1. The average molecular weight is 335 g/mol. The van der Waals surface area contributed by atoms with Crippen LogP contribution in [0.25, 0.3) is 0 Å². The third kappa shape index (κ3) is 3.58. The highest BCUT2D eigenvalue weighted by molar-refractivity contribution is 7.67. The molecule has 2 atom stereocenters. The number of ether oxygens (including phenoxy) is 1. The predicted octanol–water partition coefficient (Wildman–Crippen LogP) is 3.00. The van der Waals surface area contributed by atoms with Gasteiger partial charge in [-0.1, -0.05) is 12.1 Å². The first-order valence-corrected chi connectivity index (χ1v) is 8.87. The van der Waals surface area contributed by atoms with Crippen molar-refractivity contribution in [2.24, 2.45) is 0 Å². The highest BCUT2D eigenvalue weighted by atomic mass is 31.2. The zero-order chi connectivity index (χ0) is 17.0. The van der Waals surface area contributed by atoms with Crippen LogP contribution in [0.15, 0.2) is 48.5 Å². The average Bonchev–Trinajstić information content (AvgIpc) is 2.60. The minimum Gasteiger partial charge on any atom is -0.497 e. The van der Waals surface area contributed by atoms with Crippen molar-refractivity contribution in [3.8, 4) is 5.75 Å². The van der Waals surface area contributed by atoms with E-state index in [4.69, 9.17) is 9.26 Å². The van der Waals surface area contributed by atoms with Gasteiger partial charge in [-0.25, -0.2) is 0 Å². The van der Waals surface area contributed by atoms with Gasteiger partial charge < -0.3 is 19.3 Å². The van der Waals surface area contributed by atoms with Crippen LogP contribution in [0.2, 0.25) is 0 Å². The van der Waals surface area contributed by atoms with E-state index in [9.17, 15) is 9.67 Å². The second-order valence-electron chi connectivity index (χ2n) is 5.34. The molecule has 0 fully saturated rings. The second-order valence-corrected chi connectivity index (χ2v) is 7.90. The summed E-state index contributed by atoms with van der Waals surface area (Å²) in [6, 6.07) is 14.0. The van der Waals surface area contributed by atoms with Crippen LogP contribution in [0.3, 0.4) is 0 Å². The van der Waals surface area contributed by atoms with Gasteiger partial charge in [0, 0.05) is 32.2 Å². The smallest absolute Gasteiger partial charge is 0.263 e. The van der Waals surface area contributed by atoms with Crippen LogP contribution in [0.4, 0.5) is 5.69 Å². The molecule has 0 unspecified atom stereocenters. The lowest BCUT2D eigenvalue weighted by Gasteiger charge is -2.23. The zero-order valence-electron chi connectivity index (χ0n) is 13.8. The minimum atomic E-state index is -3.44. The van der Waals surface area contributed by atoms with E-state index in [0.717, 1.165) is 5.69 Å². The monoisotopic (exact) mass is 335 g/mol. The number of anilines is 1. The van der Waals surface area contributed by atoms with Gasteiger partial charge in [0.15, 0.2) is 5.85 Å². The summed E-state index contributed by atoms with van der Waals surface area (Å²) in [4.78, 5) is 1.95. The molecule has 23 heavy (non-hydrogen) atoms. The highest BCUT2D eigenvalue weighted by Gasteiger charge is 2.35. The summed E-state index contributed by atoms with van der Waals surface area (Å²) >= 11 is 0. The van der Waals surface area contributed by atoms with Gasteiger partial charge in [0.05, 0.1) is 7.11 Å². The molecule has 0 aromatic heterocycles. The first-order chi connectivity index (χ1) is 10.9. The Hall–Kier alpha value is -1.81. The van der Waals surface area contributed by atoms with Crippen LogP contribution in [-0.4, -0.2) is 33.4 Å². The lowest BCUT2D eigenvalue weighted by atomic mass is 10.2. The molecule has 2 aromatic rings. The van der Waals surface area contributed by atoms with Crippen molar-refractivity contribution in [3.05, 3.63) is 54.1 Å². The molecule has 0 bridgehead atoms. The van der Waals surface area contributed by atoms with Gasteiger partial charge in [-0.05, 0) is 42.0 Å². The summed E-state index contributed by atoms with van der Waals surface area (Å²) in [5, 5.41) is 11.1. The molecule has 0 aliphatic carbocycles. The number of methoxy groups -OCH3 is 1. The van der Waals surface area contributed by atoms with Crippen molar-refractivity contribution in [1.82, 2.24) is 0 Å². The molecule has 0 saturated carbocycles. The largest absolute Gasteiger partial charge is 0.497 e. The lowest BCUT2D eigenvalue weighted by Crippen LogP contribution is -2.15. The van der Waals surface area contributed by atoms with Crippen LogP contribution < -0.4 is 14.9 Å². The predicted molar refractivity (Wildman–Crippen MR) is 93.0 cm³/mol. The first kappa shape index (κ1) is 17.5. The maximum Gasteiger partial charge on any atom is 0.263 e. The summed E-state index contributed by atoms with van der Waals surface area (Å²) in [6.07, 6.45) is 0. The topological polar surface area (TPSA) is 59.0 Å². The molecule has 0 aliphatic rings. The fourth-order valence-corrected chi connectivity index (χ4v) is 4.10. The highest BCUT2D eigenvalue weighted by Crippen LogP contribution is 2.57. The van der Waals surface area contributed by atoms with Gasteiger partial charge in [-0.15, -0.1) is 0 Å². The summed E-state index contributed by atoms with van der Waals surface area (Å²) in [5.41, 5.74) is 1.50. The summed E-state index contributed by atoms with van der Waals surface area (Å²) < 4.78 is 23.6. The van der Waals surface area contributed by atoms with E-state index < -0.39 is 13.2 Å². The molecular formula is C17H22NO4P. The van der Waals surface area contributed by atoms with E-state index in [1.165, 1.54) is 7.11 Å². The molecule has 2 rings (SSSR count). The molecule has 6 heteroatoms. The van der Waals surface area contributed by atoms with Gasteiger partial charge in [0.1, 0.15) is 5.75 Å². The molecule has 124 valence electrons. The zero-order valence-corrected chi connectivity index (χ0v) is 14.7. The Morgan fingerprint density at radius 3 is 2.00 bits per heavy atom. The summed E-state index contributed by atoms with van der Waals surface area (Å²) in [6.45, 7) is 0. The molecule has 0 amide bonds. The second kappa shape index (κ2) is 7.18. The number of aliphatic hydroxyl groups is 1. The molecule has 0 spiro atoms. The molecule has 0 radical (unpaired) electrons. The number of benzene rings is 2. The Labute approximate surface area is 136 Å². The van der Waals surface area contributed by atoms with Crippen LogP contribution >= 0.6 is 7.37 Å². The molecule has 0 heterocycles. The van der Waals surface area contributed by atoms with Gasteiger partial charge in [0.2, 0.25) is 0 Å². The normalized spacial score (nSPS) is 14.8. The SMILES string of the molecule is COc1ccc([C@@H](O)[P@](=O)(OC)c2ccc(N(C)C)cc2)cc1. The Balaban J connectivity index is 2.36. The fraction of sp³-hybridized carbons (Fsp3) is 0.294. The van der Waals surface area contributed by atoms with Crippen LogP contribution in [0.1, 0.15) is 11.4 Å². The van der Waals surface area contributed by atoms with E-state index in [1.54, 1.807) is 43.5 Å². The Morgan fingerprint density at radius 2 is 1.57 bits per heavy atom. The van der Waals surface area contributed by atoms with Crippen LogP contribution in [0.5, 0.6) is 5.75 Å². The number of aliphatic hydroxyl groups excluding tert-OH is 1. The molecule has 1 N–H and O–H groups in total. The van der Waals surface area contributed by atoms with Gasteiger partial charge in [-0.3, -0.25) is 4.57 Å². The van der Waals surface area contributed by atoms with Crippen molar-refractivity contribution in [1.29, 1.82) is 0 Å². The number of hydrogen-bond acceptors (Lipinski definition) is 5. The van der Waals surface area contributed by atoms with Crippen molar-refractivity contribution in [2.45, 2.75) is 5.85 Å². The third-order valence-corrected chi connectivity index (χ3v) is 6.24. The van der Waals surface area contributed by atoms with E-state index >= 15 is 0 Å². The minimum absolute atomic E-state index is 0.480. The van der Waals surface area contributed by atoms with Crippen molar-refractivity contribution >= 4 is 18.4 Å². The summed E-state index contributed by atoms with van der Waals surface area (Å²) in [5.74, 6) is -0.563. The third-order valence-electron chi connectivity index (χ3n) is 3.73. The number of rotatable bonds is 6. The van der Waals surface area contributed by atoms with Gasteiger partial charge in [-0.2, -0.15) is 0 Å². The van der Waals surface area contributed by atoms with E-state index in [2.05, 4.69) is 0 Å². The van der Waals surface area contributed by atoms with E-state index in [1.807, 2.05) is 31.1 Å². The lowest BCUT2D eigenvalue weighted by molar-refractivity contribution is 0.228. The van der Waals surface area contributed by atoms with Crippen LogP contribution in [-0.2, 0) is 9.09 Å². The van der Waals surface area contributed by atoms with Gasteiger partial charge >= 0.3 is 0 Å². The molecule has 2 aromatic carbocycles. The van der Waals surface area contributed by atoms with E-state index in [-0.39, 0.29) is 0 Å². The Bertz CT molecular complexity index is 683. The molecule has 0 aliphatic heterocycles. The standard InChI is InChI=1S/C17H22NO4P/c1-18(2)14-7-11-16(12-8-14)23(20,22-4)17(19)13-5-9-15(21-3)10-6-13/h5-12,17,19H,1-4H3/t17-,23+/m0/s1. The maximum absolute atomic E-state index is 13.2. The molecular weight excluding hydrogens is 313 g/mol. The quantitative estimate of drug-likeness (QED) is 0.823. The van der Waals surface area contributed by atoms with Gasteiger partial charge in [0.25, 0.3) is 7.37 Å². The number of hydrogen-bond donors (Lipinski definition) is 1. The fourth-order valence-electron chi connectivity index (χ4n) is 2.28. The van der Waals surface area contributed by atoms with E-state index in [0.29, 0.717) is 16.6 Å². The summed E-state index contributed by atoms with van der Waals surface area (Å²) in [7, 11) is 3.33. The van der Waals surface area contributed by atoms with Crippen molar-refractivity contribution in [2.75, 3.05) is 33.2 Å². The Morgan fingerprint density at radius 1 is 1.00 bits per heavy atom. The maximum atomic E-state index is 13.2.